The van der Waals surface area contributed by atoms with Crippen molar-refractivity contribution >= 4 is 32.9 Å². The van der Waals surface area contributed by atoms with Crippen LogP contribution in [-0.2, 0) is 5.33 Å². The molecule has 0 amide bonds. The van der Waals surface area contributed by atoms with Gasteiger partial charge >= 0.3 is 0 Å². The van der Waals surface area contributed by atoms with Crippen LogP contribution in [0.1, 0.15) is 16.8 Å². The molecule has 1 nitrogen and oxygen atoms in total. The minimum atomic E-state index is 0. The van der Waals surface area contributed by atoms with Gasteiger partial charge in [0.05, 0.1) is 0 Å². The van der Waals surface area contributed by atoms with Crippen LogP contribution in [0.4, 0.5) is 0 Å². The summed E-state index contributed by atoms with van der Waals surface area (Å²) in [6, 6.07) is 2.09. The zero-order valence-corrected chi connectivity index (χ0v) is 9.89. The van der Waals surface area contributed by atoms with E-state index in [-0.39, 0.29) is 17.0 Å². The van der Waals surface area contributed by atoms with Crippen LogP contribution in [-0.4, -0.2) is 4.98 Å². The SMILES string of the molecule is Br.Cc1cc(C)c(CBr)cn1. The van der Waals surface area contributed by atoms with Gasteiger partial charge in [0, 0.05) is 17.2 Å². The fourth-order valence-corrected chi connectivity index (χ4v) is 1.45. The molecule has 62 valence electrons. The van der Waals surface area contributed by atoms with Crippen LogP contribution in [0, 0.1) is 13.8 Å². The fraction of sp³-hybridized carbons (Fsp3) is 0.375. The smallest absolute Gasteiger partial charge is 0.0375 e. The molecule has 1 aromatic heterocycles. The highest BCUT2D eigenvalue weighted by molar-refractivity contribution is 9.08. The third kappa shape index (κ3) is 2.91. The van der Waals surface area contributed by atoms with E-state index < -0.39 is 0 Å². The van der Waals surface area contributed by atoms with Crippen molar-refractivity contribution in [2.75, 3.05) is 0 Å². The molecule has 0 aliphatic heterocycles. The van der Waals surface area contributed by atoms with Crippen LogP contribution in [0.5, 0.6) is 0 Å². The Morgan fingerprint density at radius 3 is 2.55 bits per heavy atom. The lowest BCUT2D eigenvalue weighted by Crippen LogP contribution is -1.88. The third-order valence-corrected chi connectivity index (χ3v) is 2.10. The summed E-state index contributed by atoms with van der Waals surface area (Å²) in [5.74, 6) is 0. The Bertz CT molecular complexity index is 236. The molecule has 0 saturated heterocycles. The van der Waals surface area contributed by atoms with Gasteiger partial charge in [-0.2, -0.15) is 0 Å². The van der Waals surface area contributed by atoms with Crippen LogP contribution in [0.3, 0.4) is 0 Å². The molecule has 1 aromatic rings. The Morgan fingerprint density at radius 2 is 2.09 bits per heavy atom. The molecule has 0 aliphatic rings. The molecule has 0 unspecified atom stereocenters. The summed E-state index contributed by atoms with van der Waals surface area (Å²) in [5.41, 5.74) is 3.66. The lowest BCUT2D eigenvalue weighted by molar-refractivity contribution is 1.13. The Balaban J connectivity index is 0.000001000. The Morgan fingerprint density at radius 1 is 1.45 bits per heavy atom. The van der Waals surface area contributed by atoms with E-state index in [9.17, 15) is 0 Å². The van der Waals surface area contributed by atoms with Crippen molar-refractivity contribution in [2.45, 2.75) is 19.2 Å². The van der Waals surface area contributed by atoms with Crippen molar-refractivity contribution in [3.8, 4) is 0 Å². The maximum atomic E-state index is 4.18. The Kier molecular flexibility index (Phi) is 4.93. The van der Waals surface area contributed by atoms with Crippen molar-refractivity contribution in [3.63, 3.8) is 0 Å². The molecular weight excluding hydrogens is 270 g/mol. The van der Waals surface area contributed by atoms with Gasteiger partial charge in [0.1, 0.15) is 0 Å². The molecule has 0 bridgehead atoms. The van der Waals surface area contributed by atoms with Gasteiger partial charge in [-0.05, 0) is 31.0 Å². The zero-order chi connectivity index (χ0) is 7.56. The van der Waals surface area contributed by atoms with Crippen LogP contribution in [0.15, 0.2) is 12.3 Å². The van der Waals surface area contributed by atoms with Crippen LogP contribution in [0.2, 0.25) is 0 Å². The molecular formula is C8H11Br2N. The summed E-state index contributed by atoms with van der Waals surface area (Å²) in [4.78, 5) is 4.18. The van der Waals surface area contributed by atoms with E-state index in [1.807, 2.05) is 13.1 Å². The number of aryl methyl sites for hydroxylation is 2. The molecule has 0 aliphatic carbocycles. The maximum absolute atomic E-state index is 4.18. The number of rotatable bonds is 1. The number of pyridine rings is 1. The molecule has 0 spiro atoms. The van der Waals surface area contributed by atoms with Crippen molar-refractivity contribution < 1.29 is 0 Å². The first-order valence-electron chi connectivity index (χ1n) is 3.22. The molecule has 3 heteroatoms. The molecule has 1 heterocycles. The molecule has 11 heavy (non-hydrogen) atoms. The van der Waals surface area contributed by atoms with E-state index in [1.165, 1.54) is 11.1 Å². The van der Waals surface area contributed by atoms with Crippen molar-refractivity contribution in [1.82, 2.24) is 4.98 Å². The highest BCUT2D eigenvalue weighted by atomic mass is 79.9. The predicted octanol–water partition coefficient (Wildman–Crippen LogP) is 3.17. The average molecular weight is 281 g/mol. The summed E-state index contributed by atoms with van der Waals surface area (Å²) in [6.45, 7) is 4.11. The number of hydrogen-bond donors (Lipinski definition) is 0. The summed E-state index contributed by atoms with van der Waals surface area (Å²) >= 11 is 3.39. The first-order chi connectivity index (χ1) is 4.74. The first-order valence-corrected chi connectivity index (χ1v) is 4.34. The number of halogens is 2. The number of hydrogen-bond acceptors (Lipinski definition) is 1. The molecule has 0 atom stereocenters. The standard InChI is InChI=1S/C8H10BrN.BrH/c1-6-3-7(2)10-5-8(6)4-9;/h3,5H,4H2,1-2H3;1H. The number of nitrogens with zero attached hydrogens (tertiary/aromatic N) is 1. The highest BCUT2D eigenvalue weighted by Gasteiger charge is 1.95. The van der Waals surface area contributed by atoms with Gasteiger partial charge in [0.15, 0.2) is 0 Å². The molecule has 0 fully saturated rings. The fourth-order valence-electron chi connectivity index (χ4n) is 0.865. The van der Waals surface area contributed by atoms with E-state index in [2.05, 4.69) is 33.9 Å². The predicted molar refractivity (Wildman–Crippen MR) is 56.7 cm³/mol. The molecule has 0 radical (unpaired) electrons. The molecule has 0 N–H and O–H groups in total. The van der Waals surface area contributed by atoms with Gasteiger partial charge in [-0.3, -0.25) is 4.98 Å². The first kappa shape index (κ1) is 11.1. The Labute approximate surface area is 86.1 Å². The minimum absolute atomic E-state index is 0. The van der Waals surface area contributed by atoms with Crippen molar-refractivity contribution in [3.05, 3.63) is 29.1 Å². The summed E-state index contributed by atoms with van der Waals surface area (Å²) in [5, 5.41) is 0.895. The monoisotopic (exact) mass is 279 g/mol. The van der Waals surface area contributed by atoms with Crippen molar-refractivity contribution in [1.29, 1.82) is 0 Å². The second-order valence-electron chi connectivity index (χ2n) is 2.39. The molecule has 0 aromatic carbocycles. The Hall–Kier alpha value is 0.110. The third-order valence-electron chi connectivity index (χ3n) is 1.50. The van der Waals surface area contributed by atoms with Crippen molar-refractivity contribution in [2.24, 2.45) is 0 Å². The lowest BCUT2D eigenvalue weighted by Gasteiger charge is -2.00. The van der Waals surface area contributed by atoms with Gasteiger partial charge in [0.25, 0.3) is 0 Å². The zero-order valence-electron chi connectivity index (χ0n) is 6.60. The molecule has 1 rings (SSSR count). The van der Waals surface area contributed by atoms with E-state index in [0.717, 1.165) is 11.0 Å². The van der Waals surface area contributed by atoms with Gasteiger partial charge < -0.3 is 0 Å². The number of aromatic nitrogens is 1. The summed E-state index contributed by atoms with van der Waals surface area (Å²) in [7, 11) is 0. The average Bonchev–Trinajstić information content (AvgIpc) is 1.88. The number of alkyl halides is 1. The molecule has 0 saturated carbocycles. The van der Waals surface area contributed by atoms with Gasteiger partial charge in [-0.15, -0.1) is 17.0 Å². The topological polar surface area (TPSA) is 12.9 Å². The van der Waals surface area contributed by atoms with Crippen LogP contribution < -0.4 is 0 Å². The van der Waals surface area contributed by atoms with Gasteiger partial charge in [-0.1, -0.05) is 15.9 Å². The van der Waals surface area contributed by atoms with E-state index in [0.29, 0.717) is 0 Å². The van der Waals surface area contributed by atoms with E-state index in [4.69, 9.17) is 0 Å². The van der Waals surface area contributed by atoms with Gasteiger partial charge in [-0.25, -0.2) is 0 Å². The maximum Gasteiger partial charge on any atom is 0.0375 e. The van der Waals surface area contributed by atoms with E-state index in [1.54, 1.807) is 0 Å². The summed E-state index contributed by atoms with van der Waals surface area (Å²) in [6.07, 6.45) is 1.92. The largest absolute Gasteiger partial charge is 0.261 e. The van der Waals surface area contributed by atoms with Crippen LogP contribution in [0.25, 0.3) is 0 Å². The van der Waals surface area contributed by atoms with Gasteiger partial charge in [0.2, 0.25) is 0 Å². The van der Waals surface area contributed by atoms with Crippen LogP contribution >= 0.6 is 32.9 Å². The normalized spacial score (nSPS) is 9.00. The lowest BCUT2D eigenvalue weighted by atomic mass is 10.2. The quantitative estimate of drug-likeness (QED) is 0.720. The second-order valence-corrected chi connectivity index (χ2v) is 2.95. The second kappa shape index (κ2) is 4.88. The highest BCUT2D eigenvalue weighted by Crippen LogP contribution is 2.10. The van der Waals surface area contributed by atoms with E-state index >= 15 is 0 Å². The summed E-state index contributed by atoms with van der Waals surface area (Å²) < 4.78 is 0. The minimum Gasteiger partial charge on any atom is -0.261 e.